The first-order valence-corrected chi connectivity index (χ1v) is 17.0. The van der Waals surface area contributed by atoms with Gasteiger partial charge >= 0.3 is 0 Å². The van der Waals surface area contributed by atoms with Crippen LogP contribution in [0.4, 0.5) is 0 Å². The minimum absolute atomic E-state index is 0.00231. The van der Waals surface area contributed by atoms with Gasteiger partial charge in [0, 0.05) is 30.8 Å². The van der Waals surface area contributed by atoms with E-state index in [4.69, 9.17) is 28.4 Å². The molecule has 7 fully saturated rings. The van der Waals surface area contributed by atoms with Gasteiger partial charge in [0.1, 0.15) is 6.10 Å². The first kappa shape index (κ1) is 31.3. The molecule has 7 rings (SSSR count). The molecule has 3 saturated heterocycles. The molecule has 4 saturated carbocycles. The van der Waals surface area contributed by atoms with Crippen LogP contribution in [0.5, 0.6) is 0 Å². The fourth-order valence-electron chi connectivity index (χ4n) is 11.7. The Balaban J connectivity index is 1.22. The van der Waals surface area contributed by atoms with Gasteiger partial charge in [-0.2, -0.15) is 0 Å². The molecule has 0 radical (unpaired) electrons. The summed E-state index contributed by atoms with van der Waals surface area (Å²) >= 11 is 0. The Hall–Kier alpha value is -0.360. The normalized spacial score (nSPS) is 58.5. The highest BCUT2D eigenvalue weighted by molar-refractivity contribution is 5.24. The maximum atomic E-state index is 12.9. The lowest BCUT2D eigenvalue weighted by Gasteiger charge is -2.71. The number of hydrogen-bond donors (Lipinski definition) is 3. The summed E-state index contributed by atoms with van der Waals surface area (Å²) in [4.78, 5) is 0. The summed E-state index contributed by atoms with van der Waals surface area (Å²) < 4.78 is 39.1. The Kier molecular flexibility index (Phi) is 7.14. The van der Waals surface area contributed by atoms with E-state index in [1.54, 1.807) is 0 Å². The summed E-state index contributed by atoms with van der Waals surface area (Å²) in [6, 6.07) is 0. The molecule has 0 aromatic rings. The summed E-state index contributed by atoms with van der Waals surface area (Å²) in [5.41, 5.74) is -3.00. The molecule has 4 aliphatic carbocycles. The van der Waals surface area contributed by atoms with Gasteiger partial charge < -0.3 is 43.7 Å². The van der Waals surface area contributed by atoms with Crippen LogP contribution in [0.1, 0.15) is 100 Å². The van der Waals surface area contributed by atoms with E-state index in [0.717, 1.165) is 19.3 Å². The molecule has 3 heterocycles. The summed E-state index contributed by atoms with van der Waals surface area (Å²) in [5.74, 6) is -1.02. The zero-order valence-electron chi connectivity index (χ0n) is 27.5. The van der Waals surface area contributed by atoms with Crippen molar-refractivity contribution in [3.05, 3.63) is 0 Å². The molecule has 2 unspecified atom stereocenters. The van der Waals surface area contributed by atoms with Crippen LogP contribution in [-0.2, 0) is 28.4 Å². The molecule has 9 nitrogen and oxygen atoms in total. The van der Waals surface area contributed by atoms with Crippen LogP contribution in [0.3, 0.4) is 0 Å². The predicted octanol–water partition coefficient (Wildman–Crippen LogP) is 4.14. The Morgan fingerprint density at radius 1 is 0.860 bits per heavy atom. The van der Waals surface area contributed by atoms with Crippen molar-refractivity contribution in [2.45, 2.75) is 160 Å². The van der Waals surface area contributed by atoms with E-state index in [-0.39, 0.29) is 72.1 Å². The number of aliphatic hydroxyl groups is 3. The molecule has 3 aliphatic heterocycles. The van der Waals surface area contributed by atoms with Crippen LogP contribution in [0.25, 0.3) is 0 Å². The van der Waals surface area contributed by atoms with Crippen molar-refractivity contribution in [2.24, 2.45) is 40.4 Å². The second-order valence-corrected chi connectivity index (χ2v) is 16.8. The van der Waals surface area contributed by atoms with Crippen molar-refractivity contribution in [3.63, 3.8) is 0 Å². The van der Waals surface area contributed by atoms with E-state index in [2.05, 4.69) is 27.7 Å². The Labute approximate surface area is 257 Å². The van der Waals surface area contributed by atoms with Crippen molar-refractivity contribution in [1.82, 2.24) is 0 Å². The average Bonchev–Trinajstić information content (AvgIpc) is 3.37. The first-order valence-electron chi connectivity index (χ1n) is 17.0. The molecule has 0 bridgehead atoms. The van der Waals surface area contributed by atoms with Crippen molar-refractivity contribution in [3.8, 4) is 0 Å². The van der Waals surface area contributed by atoms with Crippen molar-refractivity contribution in [2.75, 3.05) is 13.2 Å². The third kappa shape index (κ3) is 4.28. The summed E-state index contributed by atoms with van der Waals surface area (Å²) in [7, 11) is 0. The van der Waals surface area contributed by atoms with Crippen molar-refractivity contribution >= 4 is 0 Å². The SMILES string of the molecule is C[C@@H]1[C@H]2OC(C)(C)O[C@H]2[C@H](O[C@H]2C[C@H]3OC(C)(C)OC[C@]34C3C(CC[C@]4(O)C2)[C@@]2(O)CC[C@H](CO)[C@@]2(C)C[C@H]3C)O[C@H]1C. The summed E-state index contributed by atoms with van der Waals surface area (Å²) in [5, 5.41) is 35.7. The largest absolute Gasteiger partial charge is 0.396 e. The molecule has 7 aliphatic rings. The zero-order valence-corrected chi connectivity index (χ0v) is 27.5. The zero-order chi connectivity index (χ0) is 31.0. The van der Waals surface area contributed by atoms with E-state index >= 15 is 0 Å². The van der Waals surface area contributed by atoms with Gasteiger partial charge in [0.2, 0.25) is 0 Å². The fourth-order valence-corrected chi connectivity index (χ4v) is 11.7. The maximum Gasteiger partial charge on any atom is 0.187 e. The first-order chi connectivity index (χ1) is 20.0. The number of aliphatic hydroxyl groups excluding tert-OH is 1. The standard InChI is InChI=1S/C34H56O9/c1-18-14-31(8)21(16-35)9-12-34(31,37)23-10-11-32(36)15-22(13-24-33(32,25(18)23)17-38-29(4,5)41-24)40-28-27-26(19(2)20(3)39-28)42-30(6,7)43-27/h18-28,35-37H,9-17H2,1-8H3/t18-,19+,20+,21-,22+,23?,24-,25?,26-,27-,28+,31-,32+,33-,34+/m1/s1. The lowest BCUT2D eigenvalue weighted by atomic mass is 9.38. The fraction of sp³-hybridized carbons (Fsp3) is 1.00. The van der Waals surface area contributed by atoms with Gasteiger partial charge in [-0.3, -0.25) is 0 Å². The maximum absolute atomic E-state index is 12.9. The number of ether oxygens (including phenoxy) is 6. The molecule has 246 valence electrons. The number of fused-ring (bicyclic) bond motifs is 4. The van der Waals surface area contributed by atoms with E-state index in [1.807, 2.05) is 27.7 Å². The summed E-state index contributed by atoms with van der Waals surface area (Å²) in [6.45, 7) is 16.9. The Morgan fingerprint density at radius 3 is 2.30 bits per heavy atom. The van der Waals surface area contributed by atoms with E-state index in [1.165, 1.54) is 0 Å². The van der Waals surface area contributed by atoms with Gasteiger partial charge in [-0.1, -0.05) is 20.8 Å². The monoisotopic (exact) mass is 608 g/mol. The Morgan fingerprint density at radius 2 is 1.58 bits per heavy atom. The lowest BCUT2D eigenvalue weighted by molar-refractivity contribution is -0.405. The van der Waals surface area contributed by atoms with Crippen LogP contribution in [0, 0.1) is 40.4 Å². The minimum atomic E-state index is -1.09. The molecule has 0 aromatic heterocycles. The smallest absolute Gasteiger partial charge is 0.187 e. The molecule has 43 heavy (non-hydrogen) atoms. The van der Waals surface area contributed by atoms with Crippen LogP contribution in [0.2, 0.25) is 0 Å². The van der Waals surface area contributed by atoms with E-state index in [9.17, 15) is 15.3 Å². The molecule has 1 spiro atoms. The van der Waals surface area contributed by atoms with Gasteiger partial charge in [-0.25, -0.2) is 0 Å². The van der Waals surface area contributed by atoms with Crippen LogP contribution >= 0.6 is 0 Å². The second-order valence-electron chi connectivity index (χ2n) is 16.8. The molecule has 0 amide bonds. The molecular formula is C34H56O9. The van der Waals surface area contributed by atoms with E-state index < -0.39 is 34.5 Å². The number of hydrogen-bond acceptors (Lipinski definition) is 9. The average molecular weight is 609 g/mol. The van der Waals surface area contributed by atoms with Gasteiger partial charge in [-0.15, -0.1) is 0 Å². The van der Waals surface area contributed by atoms with Crippen molar-refractivity contribution in [1.29, 1.82) is 0 Å². The van der Waals surface area contributed by atoms with Gasteiger partial charge in [0.05, 0.1) is 47.6 Å². The minimum Gasteiger partial charge on any atom is -0.396 e. The highest BCUT2D eigenvalue weighted by Gasteiger charge is 2.76. The molecule has 9 heteroatoms. The topological polar surface area (TPSA) is 116 Å². The summed E-state index contributed by atoms with van der Waals surface area (Å²) in [6.07, 6.45) is 2.90. The second kappa shape index (κ2) is 9.83. The molecule has 3 N–H and O–H groups in total. The quantitative estimate of drug-likeness (QED) is 0.407. The molecule has 15 atom stereocenters. The van der Waals surface area contributed by atoms with Crippen LogP contribution in [-0.4, -0.2) is 88.1 Å². The number of rotatable bonds is 3. The van der Waals surface area contributed by atoms with Crippen molar-refractivity contribution < 1.29 is 43.7 Å². The predicted molar refractivity (Wildman–Crippen MR) is 157 cm³/mol. The third-order valence-corrected chi connectivity index (χ3v) is 13.8. The van der Waals surface area contributed by atoms with Crippen LogP contribution in [0.15, 0.2) is 0 Å². The van der Waals surface area contributed by atoms with Gasteiger partial charge in [0.15, 0.2) is 17.9 Å². The van der Waals surface area contributed by atoms with Crippen LogP contribution < -0.4 is 0 Å². The highest BCUT2D eigenvalue weighted by atomic mass is 16.8. The highest BCUT2D eigenvalue weighted by Crippen LogP contribution is 2.72. The van der Waals surface area contributed by atoms with E-state index in [0.29, 0.717) is 32.3 Å². The third-order valence-electron chi connectivity index (χ3n) is 13.8. The van der Waals surface area contributed by atoms with Gasteiger partial charge in [-0.05, 0) is 90.4 Å². The lowest BCUT2D eigenvalue weighted by Crippen LogP contribution is -2.77. The Bertz CT molecular complexity index is 1100. The molecular weight excluding hydrogens is 552 g/mol. The molecule has 0 aromatic carbocycles. The van der Waals surface area contributed by atoms with Gasteiger partial charge in [0.25, 0.3) is 0 Å².